The van der Waals surface area contributed by atoms with Crippen molar-refractivity contribution in [3.8, 4) is 11.8 Å². The Kier molecular flexibility index (Phi) is 3.75. The van der Waals surface area contributed by atoms with Crippen LogP contribution in [0.1, 0.15) is 51.7 Å². The molecule has 3 N–H and O–H groups in total. The predicted molar refractivity (Wildman–Crippen MR) is 89.8 cm³/mol. The quantitative estimate of drug-likeness (QED) is 0.778. The van der Waals surface area contributed by atoms with E-state index in [0.717, 1.165) is 5.56 Å². The van der Waals surface area contributed by atoms with Crippen LogP contribution in [0.15, 0.2) is 18.2 Å². The fourth-order valence-electron chi connectivity index (χ4n) is 3.39. The fraction of sp³-hybridized carbons (Fsp3) is 0.529. The molecule has 0 radical (unpaired) electrons. The summed E-state index contributed by atoms with van der Waals surface area (Å²) in [6, 6.07) is 7.36. The molecule has 1 heterocycles. The monoisotopic (exact) mass is 318 g/mol. The molecule has 118 valence electrons. The maximum absolute atomic E-state index is 11.4. The highest BCUT2D eigenvalue weighted by molar-refractivity contribution is 7.80. The molecule has 1 aromatic carbocycles. The van der Waals surface area contributed by atoms with E-state index in [1.165, 1.54) is 0 Å². The molecule has 0 fully saturated rings. The Morgan fingerprint density at radius 3 is 2.45 bits per heavy atom. The number of rotatable bonds is 1. The number of aliphatic hydroxyl groups is 1. The van der Waals surface area contributed by atoms with Crippen molar-refractivity contribution in [3.63, 3.8) is 0 Å². The first-order valence-electron chi connectivity index (χ1n) is 7.20. The van der Waals surface area contributed by atoms with Gasteiger partial charge in [-0.2, -0.15) is 5.26 Å². The van der Waals surface area contributed by atoms with Gasteiger partial charge in [0.2, 0.25) is 0 Å². The summed E-state index contributed by atoms with van der Waals surface area (Å²) in [6.45, 7) is 9.62. The van der Waals surface area contributed by atoms with Crippen LogP contribution in [0.4, 0.5) is 0 Å². The molecule has 1 aromatic rings. The van der Waals surface area contributed by atoms with Gasteiger partial charge in [-0.05, 0) is 37.5 Å². The molecule has 2 unspecified atom stereocenters. The summed E-state index contributed by atoms with van der Waals surface area (Å²) in [5.74, 6) is 0.273. The third-order valence-corrected chi connectivity index (χ3v) is 4.70. The Hall–Kier alpha value is -1.64. The molecule has 0 saturated heterocycles. The lowest BCUT2D eigenvalue weighted by Crippen LogP contribution is -2.68. The van der Waals surface area contributed by atoms with Crippen LogP contribution in [0.5, 0.6) is 5.75 Å². The molecule has 2 atom stereocenters. The van der Waals surface area contributed by atoms with Crippen molar-refractivity contribution in [1.82, 2.24) is 0 Å². The number of hydrogen-bond acceptors (Lipinski definition) is 4. The van der Waals surface area contributed by atoms with E-state index in [2.05, 4.69) is 6.07 Å². The SMILES string of the molecule is CC(C)(C)C1c2cc(C#N)ccc2OC(C)(C)C1(O)C(N)=S. The van der Waals surface area contributed by atoms with E-state index < -0.39 is 11.2 Å². The second-order valence-corrected chi connectivity index (χ2v) is 7.85. The van der Waals surface area contributed by atoms with Crippen molar-refractivity contribution in [2.45, 2.75) is 51.7 Å². The highest BCUT2D eigenvalue weighted by atomic mass is 32.1. The van der Waals surface area contributed by atoms with Gasteiger partial charge in [0.15, 0.2) is 5.60 Å². The topological polar surface area (TPSA) is 79.3 Å². The molecule has 2 rings (SSSR count). The van der Waals surface area contributed by atoms with E-state index in [9.17, 15) is 5.11 Å². The van der Waals surface area contributed by atoms with Crippen LogP contribution >= 0.6 is 12.2 Å². The lowest BCUT2D eigenvalue weighted by atomic mass is 9.60. The van der Waals surface area contributed by atoms with Gasteiger partial charge in [0.25, 0.3) is 0 Å². The molecule has 0 aromatic heterocycles. The number of nitrogens with zero attached hydrogens (tertiary/aromatic N) is 1. The first-order chi connectivity index (χ1) is 9.95. The molecule has 0 spiro atoms. The van der Waals surface area contributed by atoms with E-state index in [-0.39, 0.29) is 16.3 Å². The first-order valence-corrected chi connectivity index (χ1v) is 7.61. The number of fused-ring (bicyclic) bond motifs is 1. The molecule has 0 saturated carbocycles. The summed E-state index contributed by atoms with van der Waals surface area (Å²) in [5, 5.41) is 20.6. The van der Waals surface area contributed by atoms with Gasteiger partial charge in [-0.3, -0.25) is 0 Å². The maximum Gasteiger partial charge on any atom is 0.160 e. The van der Waals surface area contributed by atoms with E-state index in [0.29, 0.717) is 11.3 Å². The average molecular weight is 318 g/mol. The molecule has 5 heteroatoms. The zero-order valence-electron chi connectivity index (χ0n) is 13.6. The van der Waals surface area contributed by atoms with E-state index in [1.54, 1.807) is 32.0 Å². The van der Waals surface area contributed by atoms with Crippen molar-refractivity contribution < 1.29 is 9.84 Å². The van der Waals surface area contributed by atoms with Crippen LogP contribution in [0.3, 0.4) is 0 Å². The van der Waals surface area contributed by atoms with Gasteiger partial charge in [-0.15, -0.1) is 0 Å². The number of nitriles is 1. The van der Waals surface area contributed by atoms with Crippen LogP contribution in [-0.4, -0.2) is 21.3 Å². The zero-order chi connectivity index (χ0) is 16.9. The summed E-state index contributed by atoms with van der Waals surface area (Å²) >= 11 is 5.20. The Morgan fingerprint density at radius 1 is 1.41 bits per heavy atom. The summed E-state index contributed by atoms with van der Waals surface area (Å²) in [6.07, 6.45) is 0. The zero-order valence-corrected chi connectivity index (χ0v) is 14.4. The minimum atomic E-state index is -1.51. The van der Waals surface area contributed by atoms with Crippen molar-refractivity contribution >= 4 is 17.2 Å². The smallest absolute Gasteiger partial charge is 0.160 e. The minimum absolute atomic E-state index is 0.00503. The molecule has 0 bridgehead atoms. The molecular weight excluding hydrogens is 296 g/mol. The molecule has 0 amide bonds. The molecule has 1 aliphatic rings. The Morgan fingerprint density at radius 2 is 2.00 bits per heavy atom. The highest BCUT2D eigenvalue weighted by Crippen LogP contribution is 2.54. The van der Waals surface area contributed by atoms with Crippen molar-refractivity contribution in [2.24, 2.45) is 11.1 Å². The summed E-state index contributed by atoms with van der Waals surface area (Å²) in [5.41, 5.74) is 4.39. The van der Waals surface area contributed by atoms with Crippen molar-refractivity contribution in [3.05, 3.63) is 29.3 Å². The minimum Gasteiger partial charge on any atom is -0.484 e. The average Bonchev–Trinajstić information content (AvgIpc) is 2.37. The fourth-order valence-corrected chi connectivity index (χ4v) is 3.76. The number of nitrogens with two attached hydrogens (primary N) is 1. The second-order valence-electron chi connectivity index (χ2n) is 7.41. The summed E-state index contributed by atoms with van der Waals surface area (Å²) in [4.78, 5) is 0.00503. The van der Waals surface area contributed by atoms with Crippen LogP contribution in [0.2, 0.25) is 0 Å². The van der Waals surface area contributed by atoms with Crippen LogP contribution in [0.25, 0.3) is 0 Å². The maximum atomic E-state index is 11.4. The normalized spacial score (nSPS) is 26.5. The van der Waals surface area contributed by atoms with Gasteiger partial charge in [0.1, 0.15) is 16.3 Å². The number of thiocarbonyl (C=S) groups is 1. The van der Waals surface area contributed by atoms with Gasteiger partial charge in [0, 0.05) is 11.5 Å². The lowest BCUT2D eigenvalue weighted by molar-refractivity contribution is -0.118. The van der Waals surface area contributed by atoms with Crippen molar-refractivity contribution in [2.75, 3.05) is 0 Å². The molecule has 1 aliphatic heterocycles. The van der Waals surface area contributed by atoms with Gasteiger partial charge in [0.05, 0.1) is 11.6 Å². The number of hydrogen-bond donors (Lipinski definition) is 2. The van der Waals surface area contributed by atoms with Crippen molar-refractivity contribution in [1.29, 1.82) is 5.26 Å². The molecule has 0 aliphatic carbocycles. The first kappa shape index (κ1) is 16.7. The largest absolute Gasteiger partial charge is 0.484 e. The Labute approximate surface area is 136 Å². The summed E-state index contributed by atoms with van der Waals surface area (Å²) < 4.78 is 5.99. The van der Waals surface area contributed by atoms with Crippen LogP contribution in [0, 0.1) is 16.7 Å². The number of ether oxygens (including phenoxy) is 1. The predicted octanol–water partition coefficient (Wildman–Crippen LogP) is 2.88. The standard InChI is InChI=1S/C17H22N2O2S/c1-15(2,3)13-11-8-10(9-18)6-7-12(11)21-16(4,5)17(13,20)14(19)22/h6-8,13,20H,1-5H3,(H2,19,22). The highest BCUT2D eigenvalue weighted by Gasteiger charge is 2.60. The van der Waals surface area contributed by atoms with Gasteiger partial charge >= 0.3 is 0 Å². The Balaban J connectivity index is 2.82. The van der Waals surface area contributed by atoms with Crippen LogP contribution in [-0.2, 0) is 0 Å². The van der Waals surface area contributed by atoms with E-state index >= 15 is 0 Å². The molecule has 4 nitrogen and oxygen atoms in total. The molecular formula is C17H22N2O2S. The van der Waals surface area contributed by atoms with E-state index in [4.69, 9.17) is 28.0 Å². The third-order valence-electron chi connectivity index (χ3n) is 4.39. The van der Waals surface area contributed by atoms with Gasteiger partial charge < -0.3 is 15.6 Å². The van der Waals surface area contributed by atoms with E-state index in [1.807, 2.05) is 20.8 Å². The second kappa shape index (κ2) is 4.94. The Bertz CT molecular complexity index is 670. The third kappa shape index (κ3) is 2.27. The molecule has 22 heavy (non-hydrogen) atoms. The van der Waals surface area contributed by atoms with Gasteiger partial charge in [-0.1, -0.05) is 33.0 Å². The van der Waals surface area contributed by atoms with Crippen LogP contribution < -0.4 is 10.5 Å². The van der Waals surface area contributed by atoms with Gasteiger partial charge in [-0.25, -0.2) is 0 Å². The lowest BCUT2D eigenvalue weighted by Gasteiger charge is -2.54. The summed E-state index contributed by atoms with van der Waals surface area (Å²) in [7, 11) is 0. The number of benzene rings is 1.